The molecule has 2 amide bonds. The van der Waals surface area contributed by atoms with E-state index in [-0.39, 0.29) is 22.2 Å². The van der Waals surface area contributed by atoms with Crippen LogP contribution in [0.5, 0.6) is 0 Å². The Morgan fingerprint density at radius 2 is 2.12 bits per heavy atom. The SMILES string of the molecule is CC(C(=O)NC(C)(C)C)N1CCCC(Br)C1=O. The fraction of sp³-hybridized carbons (Fsp3) is 0.833. The number of halogens is 1. The minimum atomic E-state index is -0.401. The zero-order chi connectivity index (χ0) is 13.2. The average Bonchev–Trinajstić information content (AvgIpc) is 2.18. The summed E-state index contributed by atoms with van der Waals surface area (Å²) in [5.74, 6) is -0.0692. The number of hydrogen-bond donors (Lipinski definition) is 1. The minimum absolute atomic E-state index is 0.0211. The normalized spacial score (nSPS) is 23.5. The molecule has 0 aliphatic carbocycles. The standard InChI is InChI=1S/C12H21BrN2O2/c1-8(10(16)14-12(2,3)4)15-7-5-6-9(13)11(15)17/h8-9H,5-7H2,1-4H3,(H,14,16). The summed E-state index contributed by atoms with van der Waals surface area (Å²) in [5.41, 5.74) is -0.266. The Hall–Kier alpha value is -0.580. The number of carbonyl (C=O) groups is 2. The molecule has 0 saturated carbocycles. The summed E-state index contributed by atoms with van der Waals surface area (Å²) in [6.45, 7) is 8.25. The van der Waals surface area contributed by atoms with Crippen LogP contribution in [-0.4, -0.2) is 39.7 Å². The topological polar surface area (TPSA) is 49.4 Å². The molecule has 1 fully saturated rings. The molecule has 1 aliphatic rings. The summed E-state index contributed by atoms with van der Waals surface area (Å²) in [5, 5.41) is 2.90. The molecule has 0 radical (unpaired) electrons. The van der Waals surface area contributed by atoms with Gasteiger partial charge in [0.1, 0.15) is 6.04 Å². The van der Waals surface area contributed by atoms with Gasteiger partial charge < -0.3 is 10.2 Å². The maximum atomic E-state index is 12.0. The van der Waals surface area contributed by atoms with Crippen LogP contribution >= 0.6 is 15.9 Å². The first-order valence-electron chi connectivity index (χ1n) is 5.99. The molecule has 0 aromatic heterocycles. The van der Waals surface area contributed by atoms with Gasteiger partial charge in [-0.3, -0.25) is 9.59 Å². The van der Waals surface area contributed by atoms with Crippen LogP contribution in [0.4, 0.5) is 0 Å². The molecule has 2 unspecified atom stereocenters. The Labute approximate surface area is 111 Å². The van der Waals surface area contributed by atoms with Crippen molar-refractivity contribution in [1.29, 1.82) is 0 Å². The van der Waals surface area contributed by atoms with E-state index in [9.17, 15) is 9.59 Å². The molecule has 1 rings (SSSR count). The van der Waals surface area contributed by atoms with Gasteiger partial charge in [0.2, 0.25) is 11.8 Å². The molecule has 0 spiro atoms. The highest BCUT2D eigenvalue weighted by Gasteiger charge is 2.33. The second-order valence-corrected chi connectivity index (χ2v) is 6.66. The van der Waals surface area contributed by atoms with Crippen molar-refractivity contribution >= 4 is 27.7 Å². The lowest BCUT2D eigenvalue weighted by atomic mass is 10.1. The van der Waals surface area contributed by atoms with E-state index in [0.717, 1.165) is 12.8 Å². The van der Waals surface area contributed by atoms with Gasteiger partial charge in [0, 0.05) is 12.1 Å². The quantitative estimate of drug-likeness (QED) is 0.789. The van der Waals surface area contributed by atoms with Gasteiger partial charge in [0.15, 0.2) is 0 Å². The first-order chi connectivity index (χ1) is 7.72. The number of carbonyl (C=O) groups excluding carboxylic acids is 2. The second kappa shape index (κ2) is 5.38. The van der Waals surface area contributed by atoms with Gasteiger partial charge in [-0.15, -0.1) is 0 Å². The van der Waals surface area contributed by atoms with Crippen LogP contribution in [0.15, 0.2) is 0 Å². The molecule has 0 bridgehead atoms. The molecule has 98 valence electrons. The van der Waals surface area contributed by atoms with Crippen LogP contribution in [0.3, 0.4) is 0 Å². The fourth-order valence-electron chi connectivity index (χ4n) is 1.85. The molecule has 2 atom stereocenters. The van der Waals surface area contributed by atoms with Gasteiger partial charge in [0.25, 0.3) is 0 Å². The van der Waals surface area contributed by atoms with Crippen molar-refractivity contribution in [3.8, 4) is 0 Å². The van der Waals surface area contributed by atoms with Crippen LogP contribution < -0.4 is 5.32 Å². The lowest BCUT2D eigenvalue weighted by Crippen LogP contribution is -2.55. The van der Waals surface area contributed by atoms with Crippen LogP contribution in [0.2, 0.25) is 0 Å². The predicted molar refractivity (Wildman–Crippen MR) is 71.0 cm³/mol. The molecule has 1 heterocycles. The Morgan fingerprint density at radius 1 is 1.53 bits per heavy atom. The first-order valence-corrected chi connectivity index (χ1v) is 6.90. The smallest absolute Gasteiger partial charge is 0.242 e. The van der Waals surface area contributed by atoms with Crippen molar-refractivity contribution in [3.05, 3.63) is 0 Å². The van der Waals surface area contributed by atoms with Crippen LogP contribution in [-0.2, 0) is 9.59 Å². The van der Waals surface area contributed by atoms with E-state index in [1.807, 2.05) is 20.8 Å². The highest BCUT2D eigenvalue weighted by atomic mass is 79.9. The number of alkyl halides is 1. The van der Waals surface area contributed by atoms with Crippen molar-refractivity contribution in [2.75, 3.05) is 6.54 Å². The minimum Gasteiger partial charge on any atom is -0.350 e. The number of nitrogens with one attached hydrogen (secondary N) is 1. The van der Waals surface area contributed by atoms with E-state index < -0.39 is 6.04 Å². The summed E-state index contributed by atoms with van der Waals surface area (Å²) in [6.07, 6.45) is 1.79. The van der Waals surface area contributed by atoms with Crippen molar-refractivity contribution in [2.24, 2.45) is 0 Å². The van der Waals surface area contributed by atoms with Crippen LogP contribution in [0, 0.1) is 0 Å². The van der Waals surface area contributed by atoms with E-state index in [2.05, 4.69) is 21.2 Å². The van der Waals surface area contributed by atoms with E-state index >= 15 is 0 Å². The summed E-state index contributed by atoms with van der Waals surface area (Å²) in [4.78, 5) is 25.4. The highest BCUT2D eigenvalue weighted by molar-refractivity contribution is 9.10. The number of piperidine rings is 1. The van der Waals surface area contributed by atoms with E-state index in [1.54, 1.807) is 11.8 Å². The zero-order valence-electron chi connectivity index (χ0n) is 10.9. The predicted octanol–water partition coefficient (Wildman–Crippen LogP) is 1.68. The first kappa shape index (κ1) is 14.5. The van der Waals surface area contributed by atoms with Crippen molar-refractivity contribution < 1.29 is 9.59 Å². The van der Waals surface area contributed by atoms with E-state index in [1.165, 1.54) is 0 Å². The highest BCUT2D eigenvalue weighted by Crippen LogP contribution is 2.20. The summed E-state index contributed by atoms with van der Waals surface area (Å²) in [7, 11) is 0. The number of rotatable bonds is 2. The van der Waals surface area contributed by atoms with Gasteiger partial charge in [-0.05, 0) is 40.5 Å². The molecule has 1 saturated heterocycles. The van der Waals surface area contributed by atoms with Crippen molar-refractivity contribution in [1.82, 2.24) is 10.2 Å². The molecule has 17 heavy (non-hydrogen) atoms. The number of likely N-dealkylation sites (tertiary alicyclic amines) is 1. The van der Waals surface area contributed by atoms with E-state index in [0.29, 0.717) is 6.54 Å². The summed E-state index contributed by atoms with van der Waals surface area (Å²) >= 11 is 3.35. The maximum absolute atomic E-state index is 12.0. The summed E-state index contributed by atoms with van der Waals surface area (Å²) in [6, 6.07) is -0.401. The molecular weight excluding hydrogens is 284 g/mol. The molecular formula is C12H21BrN2O2. The largest absolute Gasteiger partial charge is 0.350 e. The molecule has 0 aromatic rings. The van der Waals surface area contributed by atoms with Gasteiger partial charge in [0.05, 0.1) is 4.83 Å². The zero-order valence-corrected chi connectivity index (χ0v) is 12.5. The van der Waals surface area contributed by atoms with Gasteiger partial charge in [-0.25, -0.2) is 0 Å². The lowest BCUT2D eigenvalue weighted by molar-refractivity contribution is -0.141. The summed E-state index contributed by atoms with van der Waals surface area (Å²) < 4.78 is 0. The average molecular weight is 305 g/mol. The third-order valence-corrected chi connectivity index (χ3v) is 3.60. The van der Waals surface area contributed by atoms with Gasteiger partial charge in [-0.1, -0.05) is 15.9 Å². The second-order valence-electron chi connectivity index (χ2n) is 5.56. The van der Waals surface area contributed by atoms with Crippen LogP contribution in [0.1, 0.15) is 40.5 Å². The third-order valence-electron chi connectivity index (χ3n) is 2.75. The molecule has 0 aromatic carbocycles. The molecule has 1 aliphatic heterocycles. The Kier molecular flexibility index (Phi) is 4.58. The Morgan fingerprint density at radius 3 is 2.65 bits per heavy atom. The molecule has 1 N–H and O–H groups in total. The van der Waals surface area contributed by atoms with Crippen LogP contribution in [0.25, 0.3) is 0 Å². The van der Waals surface area contributed by atoms with E-state index in [4.69, 9.17) is 0 Å². The Balaban J connectivity index is 2.65. The Bertz CT molecular complexity index is 312. The van der Waals surface area contributed by atoms with Gasteiger partial charge >= 0.3 is 0 Å². The maximum Gasteiger partial charge on any atom is 0.242 e. The lowest BCUT2D eigenvalue weighted by Gasteiger charge is -2.35. The van der Waals surface area contributed by atoms with Gasteiger partial charge in [-0.2, -0.15) is 0 Å². The molecule has 4 nitrogen and oxygen atoms in total. The van der Waals surface area contributed by atoms with Crippen molar-refractivity contribution in [3.63, 3.8) is 0 Å². The number of amides is 2. The monoisotopic (exact) mass is 304 g/mol. The third kappa shape index (κ3) is 3.98. The fourth-order valence-corrected chi connectivity index (χ4v) is 2.44. The number of nitrogens with zero attached hydrogens (tertiary/aromatic N) is 1. The van der Waals surface area contributed by atoms with Crippen molar-refractivity contribution in [2.45, 2.75) is 56.9 Å². The number of hydrogen-bond acceptors (Lipinski definition) is 2. The molecule has 5 heteroatoms.